The standard InChI is InChI=1S/C9H13N3O3/c1-5(9(13)14)10-7-4-8(15-3)12-6(2)11-7/h4-5H,1-3H3,(H,13,14)(H,10,11,12). The monoisotopic (exact) mass is 211 g/mol. The van der Waals surface area contributed by atoms with Crippen LogP contribution >= 0.6 is 0 Å². The lowest BCUT2D eigenvalue weighted by molar-refractivity contribution is -0.137. The van der Waals surface area contributed by atoms with E-state index in [1.807, 2.05) is 0 Å². The second-order valence-corrected chi connectivity index (χ2v) is 3.05. The second kappa shape index (κ2) is 4.59. The van der Waals surface area contributed by atoms with E-state index in [1.54, 1.807) is 13.0 Å². The second-order valence-electron chi connectivity index (χ2n) is 3.05. The van der Waals surface area contributed by atoms with Crippen molar-refractivity contribution < 1.29 is 14.6 Å². The number of aromatic nitrogens is 2. The number of ether oxygens (including phenoxy) is 1. The van der Waals surface area contributed by atoms with E-state index in [0.717, 1.165) is 0 Å². The third-order valence-electron chi connectivity index (χ3n) is 1.76. The van der Waals surface area contributed by atoms with E-state index >= 15 is 0 Å². The predicted molar refractivity (Wildman–Crippen MR) is 54.0 cm³/mol. The van der Waals surface area contributed by atoms with Crippen molar-refractivity contribution in [2.75, 3.05) is 12.4 Å². The largest absolute Gasteiger partial charge is 0.481 e. The van der Waals surface area contributed by atoms with Crippen molar-refractivity contribution in [1.29, 1.82) is 0 Å². The molecule has 0 saturated carbocycles. The highest BCUT2D eigenvalue weighted by atomic mass is 16.5. The van der Waals surface area contributed by atoms with Gasteiger partial charge in [-0.1, -0.05) is 0 Å². The van der Waals surface area contributed by atoms with Gasteiger partial charge in [0.25, 0.3) is 0 Å². The van der Waals surface area contributed by atoms with Gasteiger partial charge >= 0.3 is 5.97 Å². The minimum atomic E-state index is -0.940. The van der Waals surface area contributed by atoms with Crippen molar-refractivity contribution in [2.24, 2.45) is 0 Å². The van der Waals surface area contributed by atoms with Crippen LogP contribution in [0.2, 0.25) is 0 Å². The van der Waals surface area contributed by atoms with Crippen LogP contribution in [0.4, 0.5) is 5.82 Å². The van der Waals surface area contributed by atoms with Gasteiger partial charge in [0.15, 0.2) is 0 Å². The zero-order chi connectivity index (χ0) is 11.4. The summed E-state index contributed by atoms with van der Waals surface area (Å²) >= 11 is 0. The summed E-state index contributed by atoms with van der Waals surface area (Å²) in [6, 6.07) is 0.843. The molecule has 0 fully saturated rings. The van der Waals surface area contributed by atoms with Gasteiger partial charge in [-0.25, -0.2) is 4.98 Å². The molecule has 1 atom stereocenters. The van der Waals surface area contributed by atoms with Gasteiger partial charge in [-0.3, -0.25) is 4.79 Å². The summed E-state index contributed by atoms with van der Waals surface area (Å²) in [5.41, 5.74) is 0. The molecule has 1 heterocycles. The van der Waals surface area contributed by atoms with Crippen molar-refractivity contribution in [3.8, 4) is 5.88 Å². The molecule has 0 spiro atoms. The van der Waals surface area contributed by atoms with Gasteiger partial charge in [-0.05, 0) is 13.8 Å². The van der Waals surface area contributed by atoms with E-state index < -0.39 is 12.0 Å². The molecule has 6 heteroatoms. The molecule has 2 N–H and O–H groups in total. The number of hydrogen-bond acceptors (Lipinski definition) is 5. The van der Waals surface area contributed by atoms with E-state index in [-0.39, 0.29) is 0 Å². The number of nitrogens with zero attached hydrogens (tertiary/aromatic N) is 2. The van der Waals surface area contributed by atoms with Crippen molar-refractivity contribution in [1.82, 2.24) is 9.97 Å². The number of aryl methyl sites for hydroxylation is 1. The van der Waals surface area contributed by atoms with Crippen LogP contribution in [0.5, 0.6) is 5.88 Å². The third-order valence-corrected chi connectivity index (χ3v) is 1.76. The number of carbonyl (C=O) groups is 1. The van der Waals surface area contributed by atoms with Gasteiger partial charge < -0.3 is 15.2 Å². The number of nitrogens with one attached hydrogen (secondary N) is 1. The summed E-state index contributed by atoms with van der Waals surface area (Å²) in [4.78, 5) is 18.6. The van der Waals surface area contributed by atoms with Crippen molar-refractivity contribution in [3.63, 3.8) is 0 Å². The third kappa shape index (κ3) is 3.08. The number of anilines is 1. The molecule has 0 radical (unpaired) electrons. The summed E-state index contributed by atoms with van der Waals surface area (Å²) in [5, 5.41) is 11.4. The minimum absolute atomic E-state index is 0.405. The Hall–Kier alpha value is -1.85. The molecule has 0 aliphatic heterocycles. The lowest BCUT2D eigenvalue weighted by Gasteiger charge is -2.10. The van der Waals surface area contributed by atoms with Crippen LogP contribution in [0.3, 0.4) is 0 Å². The molecule has 1 aromatic heterocycles. The first kappa shape index (κ1) is 11.2. The molecule has 0 saturated heterocycles. The lowest BCUT2D eigenvalue weighted by Crippen LogP contribution is -2.26. The maximum absolute atomic E-state index is 10.6. The highest BCUT2D eigenvalue weighted by Gasteiger charge is 2.11. The molecule has 0 aliphatic rings. The first-order chi connectivity index (χ1) is 7.02. The first-order valence-corrected chi connectivity index (χ1v) is 4.42. The number of aliphatic carboxylic acids is 1. The highest BCUT2D eigenvalue weighted by Crippen LogP contribution is 2.13. The molecule has 1 unspecified atom stereocenters. The SMILES string of the molecule is COc1cc(NC(C)C(=O)O)nc(C)n1. The number of rotatable bonds is 4. The molecule has 15 heavy (non-hydrogen) atoms. The first-order valence-electron chi connectivity index (χ1n) is 4.42. The Bertz CT molecular complexity index is 368. The van der Waals surface area contributed by atoms with Crippen molar-refractivity contribution in [3.05, 3.63) is 11.9 Å². The maximum atomic E-state index is 10.6. The fraction of sp³-hybridized carbons (Fsp3) is 0.444. The average molecular weight is 211 g/mol. The minimum Gasteiger partial charge on any atom is -0.481 e. The molecule has 0 bridgehead atoms. The normalized spacial score (nSPS) is 11.9. The quantitative estimate of drug-likeness (QED) is 0.761. The fourth-order valence-electron chi connectivity index (χ4n) is 1.00. The highest BCUT2D eigenvalue weighted by molar-refractivity contribution is 5.76. The Morgan fingerprint density at radius 3 is 2.80 bits per heavy atom. The molecule has 82 valence electrons. The number of hydrogen-bond donors (Lipinski definition) is 2. The lowest BCUT2D eigenvalue weighted by atomic mass is 10.3. The zero-order valence-corrected chi connectivity index (χ0v) is 8.81. The van der Waals surface area contributed by atoms with Crippen molar-refractivity contribution in [2.45, 2.75) is 19.9 Å². The number of carboxylic acids is 1. The molecular weight excluding hydrogens is 198 g/mol. The van der Waals surface area contributed by atoms with Gasteiger partial charge in [0.2, 0.25) is 5.88 Å². The Morgan fingerprint density at radius 1 is 1.60 bits per heavy atom. The summed E-state index contributed by atoms with van der Waals surface area (Å²) < 4.78 is 4.94. The summed E-state index contributed by atoms with van der Waals surface area (Å²) in [6.07, 6.45) is 0. The Kier molecular flexibility index (Phi) is 3.43. The van der Waals surface area contributed by atoms with Gasteiger partial charge in [-0.2, -0.15) is 4.98 Å². The molecule has 0 aliphatic carbocycles. The Morgan fingerprint density at radius 2 is 2.27 bits per heavy atom. The molecule has 0 aromatic carbocycles. The van der Waals surface area contributed by atoms with Crippen LogP contribution in [-0.2, 0) is 4.79 Å². The van der Waals surface area contributed by atoms with E-state index in [0.29, 0.717) is 17.5 Å². The van der Waals surface area contributed by atoms with E-state index in [9.17, 15) is 4.79 Å². The van der Waals surface area contributed by atoms with Gasteiger partial charge in [0.05, 0.1) is 7.11 Å². The van der Waals surface area contributed by atoms with Crippen LogP contribution in [-0.4, -0.2) is 34.2 Å². The van der Waals surface area contributed by atoms with E-state index in [4.69, 9.17) is 9.84 Å². The molecule has 1 rings (SSSR count). The van der Waals surface area contributed by atoms with Crippen LogP contribution in [0.1, 0.15) is 12.7 Å². The van der Waals surface area contributed by atoms with E-state index in [1.165, 1.54) is 14.0 Å². The van der Waals surface area contributed by atoms with Crippen LogP contribution in [0, 0.1) is 6.92 Å². The Labute approximate surface area is 87.3 Å². The zero-order valence-electron chi connectivity index (χ0n) is 8.81. The fourth-order valence-corrected chi connectivity index (χ4v) is 1.00. The molecule has 0 amide bonds. The maximum Gasteiger partial charge on any atom is 0.325 e. The predicted octanol–water partition coefficient (Wildman–Crippen LogP) is 0.679. The number of methoxy groups -OCH3 is 1. The van der Waals surface area contributed by atoms with Gasteiger partial charge in [0.1, 0.15) is 17.7 Å². The summed E-state index contributed by atoms with van der Waals surface area (Å²) in [7, 11) is 1.49. The molecular formula is C9H13N3O3. The molecule has 1 aromatic rings. The summed E-state index contributed by atoms with van der Waals surface area (Å²) in [6.45, 7) is 3.24. The topological polar surface area (TPSA) is 84.3 Å². The van der Waals surface area contributed by atoms with Crippen LogP contribution in [0.15, 0.2) is 6.07 Å². The van der Waals surface area contributed by atoms with Crippen molar-refractivity contribution >= 4 is 11.8 Å². The van der Waals surface area contributed by atoms with Crippen LogP contribution < -0.4 is 10.1 Å². The molecule has 6 nitrogen and oxygen atoms in total. The smallest absolute Gasteiger partial charge is 0.325 e. The van der Waals surface area contributed by atoms with Gasteiger partial charge in [-0.15, -0.1) is 0 Å². The summed E-state index contributed by atoms with van der Waals surface area (Å²) in [5.74, 6) is 0.427. The van der Waals surface area contributed by atoms with Crippen LogP contribution in [0.25, 0.3) is 0 Å². The Balaban J connectivity index is 2.85. The average Bonchev–Trinajstić information content (AvgIpc) is 2.16. The number of carboxylic acid groups (broad SMARTS) is 1. The van der Waals surface area contributed by atoms with E-state index in [2.05, 4.69) is 15.3 Å². The van der Waals surface area contributed by atoms with Gasteiger partial charge in [0, 0.05) is 6.07 Å².